The Kier molecular flexibility index (Phi) is 5.91. The van der Waals surface area contributed by atoms with Gasteiger partial charge in [-0.2, -0.15) is 0 Å². The van der Waals surface area contributed by atoms with Crippen molar-refractivity contribution < 1.29 is 19.1 Å². The average molecular weight is 387 g/mol. The number of esters is 1. The molecule has 7 nitrogen and oxygen atoms in total. The van der Waals surface area contributed by atoms with Crippen LogP contribution >= 0.6 is 0 Å². The van der Waals surface area contributed by atoms with E-state index in [-0.39, 0.29) is 29.9 Å². The first-order valence-corrected chi connectivity index (χ1v) is 9.84. The van der Waals surface area contributed by atoms with Crippen LogP contribution in [0.15, 0.2) is 30.3 Å². The maximum absolute atomic E-state index is 13.2. The van der Waals surface area contributed by atoms with Gasteiger partial charge in [-0.1, -0.05) is 44.2 Å². The fourth-order valence-corrected chi connectivity index (χ4v) is 4.23. The summed E-state index contributed by atoms with van der Waals surface area (Å²) in [6.45, 7) is 6.06. The van der Waals surface area contributed by atoms with E-state index in [1.54, 1.807) is 16.7 Å². The minimum Gasteiger partial charge on any atom is -0.467 e. The highest BCUT2D eigenvalue weighted by atomic mass is 16.5. The number of rotatable bonds is 6. The van der Waals surface area contributed by atoms with Gasteiger partial charge in [0, 0.05) is 6.54 Å². The predicted octanol–water partition coefficient (Wildman–Crippen LogP) is 1.81. The van der Waals surface area contributed by atoms with Crippen molar-refractivity contribution in [3.05, 3.63) is 35.9 Å². The van der Waals surface area contributed by atoms with Crippen LogP contribution in [0.2, 0.25) is 0 Å². The molecule has 152 valence electrons. The van der Waals surface area contributed by atoms with Gasteiger partial charge in [0.15, 0.2) is 0 Å². The van der Waals surface area contributed by atoms with Gasteiger partial charge in [-0.3, -0.25) is 4.79 Å². The molecule has 1 aromatic carbocycles. The van der Waals surface area contributed by atoms with Crippen molar-refractivity contribution >= 4 is 17.9 Å². The molecule has 2 saturated heterocycles. The van der Waals surface area contributed by atoms with E-state index in [9.17, 15) is 14.4 Å². The molecule has 0 aromatic heterocycles. The first kappa shape index (κ1) is 20.2. The zero-order valence-electron chi connectivity index (χ0n) is 16.9. The SMILES string of the molecule is COC(=O)[C@H](C)N1C[C@@H]2[C@H](Cc3ccccc3)NC(=O)N2[C@@H](CC(C)C)C1=O. The van der Waals surface area contributed by atoms with Crippen LogP contribution in [0.4, 0.5) is 4.79 Å². The number of hydrogen-bond donors (Lipinski definition) is 1. The summed E-state index contributed by atoms with van der Waals surface area (Å²) in [5.41, 5.74) is 1.12. The predicted molar refractivity (Wildman–Crippen MR) is 105 cm³/mol. The number of ether oxygens (including phenoxy) is 1. The van der Waals surface area contributed by atoms with Crippen molar-refractivity contribution in [2.75, 3.05) is 13.7 Å². The molecule has 3 amide bonds. The largest absolute Gasteiger partial charge is 0.467 e. The zero-order chi connectivity index (χ0) is 20.4. The molecule has 2 heterocycles. The maximum Gasteiger partial charge on any atom is 0.328 e. The van der Waals surface area contributed by atoms with Crippen LogP contribution in [0.5, 0.6) is 0 Å². The lowest BCUT2D eigenvalue weighted by atomic mass is 9.92. The molecule has 2 aliphatic heterocycles. The molecule has 0 spiro atoms. The Morgan fingerprint density at radius 2 is 1.89 bits per heavy atom. The van der Waals surface area contributed by atoms with Gasteiger partial charge in [0.25, 0.3) is 0 Å². The van der Waals surface area contributed by atoms with Gasteiger partial charge in [-0.15, -0.1) is 0 Å². The van der Waals surface area contributed by atoms with Crippen molar-refractivity contribution in [1.82, 2.24) is 15.1 Å². The summed E-state index contributed by atoms with van der Waals surface area (Å²) in [6.07, 6.45) is 1.24. The number of amides is 3. The summed E-state index contributed by atoms with van der Waals surface area (Å²) in [4.78, 5) is 41.3. The van der Waals surface area contributed by atoms with Gasteiger partial charge in [-0.05, 0) is 31.2 Å². The van der Waals surface area contributed by atoms with Gasteiger partial charge in [0.1, 0.15) is 12.1 Å². The van der Waals surface area contributed by atoms with Crippen molar-refractivity contribution in [3.63, 3.8) is 0 Å². The Balaban J connectivity index is 1.90. The molecule has 7 heteroatoms. The number of urea groups is 1. The molecule has 0 bridgehead atoms. The van der Waals surface area contributed by atoms with Crippen LogP contribution in [0, 0.1) is 5.92 Å². The standard InChI is InChI=1S/C21H29N3O4/c1-13(2)10-17-19(25)23(14(3)20(26)28-4)12-18-16(22-21(27)24(17)18)11-15-8-6-5-7-9-15/h5-9,13-14,16-18H,10-12H2,1-4H3,(H,22,27)/t14-,16-,17-,18+/m0/s1. The first-order valence-electron chi connectivity index (χ1n) is 9.84. The third kappa shape index (κ3) is 3.84. The zero-order valence-corrected chi connectivity index (χ0v) is 16.9. The molecule has 0 unspecified atom stereocenters. The van der Waals surface area contributed by atoms with E-state index in [2.05, 4.69) is 5.32 Å². The Hall–Kier alpha value is -2.57. The van der Waals surface area contributed by atoms with E-state index in [0.717, 1.165) is 5.56 Å². The number of nitrogens with zero attached hydrogens (tertiary/aromatic N) is 2. The summed E-state index contributed by atoms with van der Waals surface area (Å²) >= 11 is 0. The third-order valence-electron chi connectivity index (χ3n) is 5.66. The minimum absolute atomic E-state index is 0.120. The van der Waals surface area contributed by atoms with Crippen molar-refractivity contribution in [1.29, 1.82) is 0 Å². The van der Waals surface area contributed by atoms with Crippen LogP contribution in [-0.2, 0) is 20.7 Å². The molecular formula is C21H29N3O4. The molecule has 0 aliphatic carbocycles. The Bertz CT molecular complexity index is 736. The van der Waals surface area contributed by atoms with E-state index in [1.807, 2.05) is 44.2 Å². The number of piperazine rings is 1. The average Bonchev–Trinajstić information content (AvgIpc) is 2.98. The molecule has 4 atom stereocenters. The molecule has 0 saturated carbocycles. The Labute approximate surface area is 166 Å². The molecule has 1 aromatic rings. The van der Waals surface area contributed by atoms with Gasteiger partial charge >= 0.3 is 12.0 Å². The lowest BCUT2D eigenvalue weighted by Crippen LogP contribution is -2.65. The Morgan fingerprint density at radius 3 is 2.50 bits per heavy atom. The van der Waals surface area contributed by atoms with Crippen LogP contribution in [0.25, 0.3) is 0 Å². The fourth-order valence-electron chi connectivity index (χ4n) is 4.23. The monoisotopic (exact) mass is 387 g/mol. The molecule has 28 heavy (non-hydrogen) atoms. The highest BCUT2D eigenvalue weighted by Gasteiger charge is 2.52. The molecule has 1 N–H and O–H groups in total. The molecule has 2 fully saturated rings. The molecule has 2 aliphatic rings. The molecule has 0 radical (unpaired) electrons. The van der Waals surface area contributed by atoms with Crippen LogP contribution in [0.3, 0.4) is 0 Å². The van der Waals surface area contributed by atoms with E-state index in [4.69, 9.17) is 4.74 Å². The van der Waals surface area contributed by atoms with Crippen LogP contribution < -0.4 is 5.32 Å². The third-order valence-corrected chi connectivity index (χ3v) is 5.66. The van der Waals surface area contributed by atoms with Crippen LogP contribution in [0.1, 0.15) is 32.8 Å². The van der Waals surface area contributed by atoms with Crippen molar-refractivity contribution in [3.8, 4) is 0 Å². The summed E-state index contributed by atoms with van der Waals surface area (Å²) in [6, 6.07) is 8.23. The number of methoxy groups -OCH3 is 1. The second-order valence-corrected chi connectivity index (χ2v) is 8.06. The van der Waals surface area contributed by atoms with Crippen molar-refractivity contribution in [2.24, 2.45) is 5.92 Å². The quantitative estimate of drug-likeness (QED) is 0.755. The second-order valence-electron chi connectivity index (χ2n) is 8.06. The number of benzene rings is 1. The molecule has 3 rings (SSSR count). The van der Waals surface area contributed by atoms with E-state index < -0.39 is 18.1 Å². The van der Waals surface area contributed by atoms with Crippen molar-refractivity contribution in [2.45, 2.75) is 57.8 Å². The van der Waals surface area contributed by atoms with E-state index in [1.165, 1.54) is 7.11 Å². The maximum atomic E-state index is 13.2. The lowest BCUT2D eigenvalue weighted by Gasteiger charge is -2.45. The lowest BCUT2D eigenvalue weighted by molar-refractivity contribution is -0.158. The van der Waals surface area contributed by atoms with Gasteiger partial charge in [0.2, 0.25) is 5.91 Å². The highest BCUT2D eigenvalue weighted by Crippen LogP contribution is 2.30. The summed E-state index contributed by atoms with van der Waals surface area (Å²) in [5, 5.41) is 3.06. The van der Waals surface area contributed by atoms with Crippen LogP contribution in [-0.4, -0.2) is 65.5 Å². The smallest absolute Gasteiger partial charge is 0.328 e. The van der Waals surface area contributed by atoms with Gasteiger partial charge in [-0.25, -0.2) is 9.59 Å². The first-order chi connectivity index (χ1) is 13.3. The number of carbonyl (C=O) groups is 3. The topological polar surface area (TPSA) is 79.0 Å². The fraction of sp³-hybridized carbons (Fsp3) is 0.571. The van der Waals surface area contributed by atoms with Gasteiger partial charge in [0.05, 0.1) is 19.2 Å². The summed E-state index contributed by atoms with van der Waals surface area (Å²) < 4.78 is 4.86. The Morgan fingerprint density at radius 1 is 1.21 bits per heavy atom. The normalized spacial score (nSPS) is 25.5. The molecular weight excluding hydrogens is 358 g/mol. The number of fused-ring (bicyclic) bond motifs is 1. The van der Waals surface area contributed by atoms with Gasteiger partial charge < -0.3 is 19.9 Å². The number of hydrogen-bond acceptors (Lipinski definition) is 4. The minimum atomic E-state index is -0.678. The van der Waals surface area contributed by atoms with E-state index in [0.29, 0.717) is 19.4 Å². The second kappa shape index (κ2) is 8.20. The highest BCUT2D eigenvalue weighted by molar-refractivity contribution is 5.92. The summed E-state index contributed by atoms with van der Waals surface area (Å²) in [7, 11) is 1.32. The number of carbonyl (C=O) groups excluding carboxylic acids is 3. The van der Waals surface area contributed by atoms with E-state index >= 15 is 0 Å². The number of nitrogens with one attached hydrogen (secondary N) is 1. The summed E-state index contributed by atoms with van der Waals surface area (Å²) in [5.74, 6) is -0.385.